The van der Waals surface area contributed by atoms with Gasteiger partial charge in [-0.15, -0.1) is 0 Å². The van der Waals surface area contributed by atoms with Gasteiger partial charge in [-0.3, -0.25) is 4.90 Å². The molecule has 1 unspecified atom stereocenters. The first-order chi connectivity index (χ1) is 8.19. The summed E-state index contributed by atoms with van der Waals surface area (Å²) < 4.78 is 0. The van der Waals surface area contributed by atoms with Crippen LogP contribution in [0, 0.1) is 16.7 Å². The molecule has 0 bridgehead atoms. The molecule has 0 aromatic heterocycles. The van der Waals surface area contributed by atoms with Crippen LogP contribution in [-0.2, 0) is 0 Å². The molecule has 0 N–H and O–H groups in total. The number of hydrogen-bond acceptors (Lipinski definition) is 3. The van der Waals surface area contributed by atoms with Crippen LogP contribution in [0.15, 0.2) is 0 Å². The Kier molecular flexibility index (Phi) is 4.06. The van der Waals surface area contributed by atoms with Gasteiger partial charge in [-0.25, -0.2) is 0 Å². The van der Waals surface area contributed by atoms with Crippen LogP contribution < -0.4 is 0 Å². The van der Waals surface area contributed by atoms with E-state index in [0.717, 1.165) is 19.0 Å². The molecular weight excluding hydrogens is 210 g/mol. The topological polar surface area (TPSA) is 30.3 Å². The minimum Gasteiger partial charge on any atom is -0.300 e. The van der Waals surface area contributed by atoms with Crippen molar-refractivity contribution in [1.29, 1.82) is 5.26 Å². The summed E-state index contributed by atoms with van der Waals surface area (Å²) in [5.74, 6) is 0. The summed E-state index contributed by atoms with van der Waals surface area (Å²) in [5, 5.41) is 8.84. The summed E-state index contributed by atoms with van der Waals surface area (Å²) >= 11 is 0. The lowest BCUT2D eigenvalue weighted by Crippen LogP contribution is -2.50. The monoisotopic (exact) mass is 235 g/mol. The molecule has 17 heavy (non-hydrogen) atoms. The molecule has 3 nitrogen and oxygen atoms in total. The maximum absolute atomic E-state index is 8.84. The molecule has 96 valence electrons. The average molecular weight is 235 g/mol. The van der Waals surface area contributed by atoms with Gasteiger partial charge in [-0.05, 0) is 31.6 Å². The minimum atomic E-state index is 0.382. The quantitative estimate of drug-likeness (QED) is 0.731. The Hall–Kier alpha value is -0.590. The predicted molar refractivity (Wildman–Crippen MR) is 69.7 cm³/mol. The summed E-state index contributed by atoms with van der Waals surface area (Å²) in [6.07, 6.45) is 4.55. The molecule has 0 amide bonds. The Morgan fingerprint density at radius 3 is 2.35 bits per heavy atom. The molecule has 1 aliphatic heterocycles. The van der Waals surface area contributed by atoms with Crippen LogP contribution in [0.2, 0.25) is 0 Å². The molecule has 0 aromatic carbocycles. The number of piperazine rings is 1. The van der Waals surface area contributed by atoms with Crippen molar-refractivity contribution in [2.45, 2.75) is 45.6 Å². The van der Waals surface area contributed by atoms with Crippen molar-refractivity contribution in [2.24, 2.45) is 5.41 Å². The Morgan fingerprint density at radius 2 is 1.88 bits per heavy atom. The van der Waals surface area contributed by atoms with E-state index < -0.39 is 0 Å². The molecule has 1 heterocycles. The first-order valence-corrected chi connectivity index (χ1v) is 7.02. The average Bonchev–Trinajstić information content (AvgIpc) is 3.09. The van der Waals surface area contributed by atoms with E-state index in [1.165, 1.54) is 45.4 Å². The molecular formula is C14H25N3. The number of hydrogen-bond donors (Lipinski definition) is 0. The second-order valence-electron chi connectivity index (χ2n) is 5.90. The van der Waals surface area contributed by atoms with Gasteiger partial charge in [0, 0.05) is 45.2 Å². The fraction of sp³-hybridized carbons (Fsp3) is 0.929. The highest BCUT2D eigenvalue weighted by molar-refractivity contribution is 5.01. The number of nitriles is 1. The molecule has 2 rings (SSSR count). The van der Waals surface area contributed by atoms with Crippen LogP contribution >= 0.6 is 0 Å². The molecule has 1 atom stereocenters. The molecule has 3 heteroatoms. The predicted octanol–water partition coefficient (Wildman–Crippen LogP) is 2.10. The maximum Gasteiger partial charge on any atom is 0.0628 e. The van der Waals surface area contributed by atoms with Crippen molar-refractivity contribution < 1.29 is 0 Å². The highest BCUT2D eigenvalue weighted by Crippen LogP contribution is 2.49. The van der Waals surface area contributed by atoms with Crippen LogP contribution in [0.4, 0.5) is 0 Å². The second kappa shape index (κ2) is 5.37. The van der Waals surface area contributed by atoms with Crippen molar-refractivity contribution in [3.05, 3.63) is 0 Å². The van der Waals surface area contributed by atoms with Crippen molar-refractivity contribution in [3.8, 4) is 6.07 Å². The third-order valence-corrected chi connectivity index (χ3v) is 4.59. The zero-order valence-corrected chi connectivity index (χ0v) is 11.3. The Bertz CT molecular complexity index is 282. The third kappa shape index (κ3) is 3.20. The van der Waals surface area contributed by atoms with Gasteiger partial charge < -0.3 is 4.90 Å². The van der Waals surface area contributed by atoms with Gasteiger partial charge in [-0.2, -0.15) is 5.26 Å². The molecule has 2 fully saturated rings. The first-order valence-electron chi connectivity index (χ1n) is 7.02. The maximum atomic E-state index is 8.84. The highest BCUT2D eigenvalue weighted by atomic mass is 15.3. The van der Waals surface area contributed by atoms with Crippen molar-refractivity contribution in [1.82, 2.24) is 9.80 Å². The van der Waals surface area contributed by atoms with E-state index in [-0.39, 0.29) is 0 Å². The number of rotatable bonds is 5. The SMILES string of the molecule is CCC(C)N1CCN(CC2(CC#N)CC2)CC1. The lowest BCUT2D eigenvalue weighted by molar-refractivity contribution is 0.0871. The van der Waals surface area contributed by atoms with E-state index in [4.69, 9.17) is 5.26 Å². The fourth-order valence-corrected chi connectivity index (χ4v) is 2.83. The minimum absolute atomic E-state index is 0.382. The normalized spacial score (nSPS) is 26.4. The van der Waals surface area contributed by atoms with E-state index in [9.17, 15) is 0 Å². The lowest BCUT2D eigenvalue weighted by Gasteiger charge is -2.39. The van der Waals surface area contributed by atoms with Crippen LogP contribution in [0.1, 0.15) is 39.5 Å². The first kappa shape index (κ1) is 12.9. The van der Waals surface area contributed by atoms with Crippen molar-refractivity contribution >= 4 is 0 Å². The van der Waals surface area contributed by atoms with Gasteiger partial charge in [0.15, 0.2) is 0 Å². The van der Waals surface area contributed by atoms with Crippen LogP contribution in [0.3, 0.4) is 0 Å². The Morgan fingerprint density at radius 1 is 1.24 bits per heavy atom. The molecule has 0 aromatic rings. The molecule has 2 aliphatic rings. The second-order valence-corrected chi connectivity index (χ2v) is 5.90. The van der Waals surface area contributed by atoms with E-state index >= 15 is 0 Å². The molecule has 0 spiro atoms. The van der Waals surface area contributed by atoms with Gasteiger partial charge in [-0.1, -0.05) is 6.92 Å². The van der Waals surface area contributed by atoms with E-state index in [2.05, 4.69) is 29.7 Å². The highest BCUT2D eigenvalue weighted by Gasteiger charge is 2.43. The smallest absolute Gasteiger partial charge is 0.0628 e. The fourth-order valence-electron chi connectivity index (χ4n) is 2.83. The largest absolute Gasteiger partial charge is 0.300 e. The molecule has 0 radical (unpaired) electrons. The lowest BCUT2D eigenvalue weighted by atomic mass is 10.0. The summed E-state index contributed by atoms with van der Waals surface area (Å²) in [6.45, 7) is 10.6. The standard InChI is InChI=1S/C14H25N3/c1-3-13(2)17-10-8-16(9-11-17)12-14(4-5-14)6-7-15/h13H,3-6,8-12H2,1-2H3. The van der Waals surface area contributed by atoms with Gasteiger partial charge in [0.1, 0.15) is 0 Å². The summed E-state index contributed by atoms with van der Waals surface area (Å²) in [6, 6.07) is 3.09. The van der Waals surface area contributed by atoms with E-state index in [1.807, 2.05) is 0 Å². The Balaban J connectivity index is 1.74. The van der Waals surface area contributed by atoms with Crippen molar-refractivity contribution in [2.75, 3.05) is 32.7 Å². The number of nitrogens with zero attached hydrogens (tertiary/aromatic N) is 3. The summed E-state index contributed by atoms with van der Waals surface area (Å²) in [7, 11) is 0. The molecule has 1 saturated carbocycles. The van der Waals surface area contributed by atoms with Crippen LogP contribution in [0.5, 0.6) is 0 Å². The molecule has 1 aliphatic carbocycles. The summed E-state index contributed by atoms with van der Waals surface area (Å²) in [5.41, 5.74) is 0.382. The molecule has 1 saturated heterocycles. The van der Waals surface area contributed by atoms with Gasteiger partial charge >= 0.3 is 0 Å². The Labute approximate surface area is 105 Å². The van der Waals surface area contributed by atoms with Gasteiger partial charge in [0.2, 0.25) is 0 Å². The van der Waals surface area contributed by atoms with E-state index in [0.29, 0.717) is 5.41 Å². The summed E-state index contributed by atoms with van der Waals surface area (Å²) in [4.78, 5) is 5.17. The van der Waals surface area contributed by atoms with Crippen molar-refractivity contribution in [3.63, 3.8) is 0 Å². The third-order valence-electron chi connectivity index (χ3n) is 4.59. The van der Waals surface area contributed by atoms with Gasteiger partial charge in [0.25, 0.3) is 0 Å². The van der Waals surface area contributed by atoms with Crippen LogP contribution in [-0.4, -0.2) is 48.6 Å². The zero-order valence-electron chi connectivity index (χ0n) is 11.3. The van der Waals surface area contributed by atoms with E-state index in [1.54, 1.807) is 0 Å². The van der Waals surface area contributed by atoms with Gasteiger partial charge in [0.05, 0.1) is 6.07 Å². The zero-order chi connectivity index (χ0) is 12.3. The van der Waals surface area contributed by atoms with Crippen LogP contribution in [0.25, 0.3) is 0 Å².